The molecule has 0 rings (SSSR count). The molecule has 0 bridgehead atoms. The Morgan fingerprint density at radius 1 is 0.692 bits per heavy atom. The van der Waals surface area contributed by atoms with E-state index in [1.165, 1.54) is 13.8 Å². The Labute approximate surface area is 227 Å². The molecule has 5 atom stereocenters. The summed E-state index contributed by atoms with van der Waals surface area (Å²) in [5.41, 5.74) is 0. The molecule has 2 unspecified atom stereocenters. The second-order valence-electron chi connectivity index (χ2n) is 8.03. The molecule has 0 aromatic carbocycles. The summed E-state index contributed by atoms with van der Waals surface area (Å²) in [6, 6.07) is 0. The van der Waals surface area contributed by atoms with Crippen LogP contribution in [0, 0.1) is 0 Å². The zero-order valence-corrected chi connectivity index (χ0v) is 24.1. The first kappa shape index (κ1) is 37.6. The van der Waals surface area contributed by atoms with Crippen molar-refractivity contribution in [1.29, 1.82) is 0 Å². The standard InChI is InChI=1S/C21H40O16P2/c1-4-7-8-9-21(26)36-17(10-22)14-34-38(27,28)32-11-16(23)12-33-39(29,30)35-15-18(37-20(25)6-3)13-31-19(24)5-2/h16-18,22-23H,4-15H2,1-3H3,(H,27,28)(H,29,30)/t16-,17-,18-/m1/s1. The van der Waals surface area contributed by atoms with Gasteiger partial charge in [0.25, 0.3) is 0 Å². The normalized spacial score (nSPS) is 16.8. The molecular formula is C21H40O16P2. The third kappa shape index (κ3) is 20.1. The third-order valence-electron chi connectivity index (χ3n) is 4.50. The largest absolute Gasteiger partial charge is 0.472 e. The predicted octanol–water partition coefficient (Wildman–Crippen LogP) is 1.37. The van der Waals surface area contributed by atoms with Crippen molar-refractivity contribution in [3.63, 3.8) is 0 Å². The van der Waals surface area contributed by atoms with Crippen molar-refractivity contribution in [1.82, 2.24) is 0 Å². The van der Waals surface area contributed by atoms with Crippen molar-refractivity contribution in [2.24, 2.45) is 0 Å². The zero-order valence-electron chi connectivity index (χ0n) is 22.3. The third-order valence-corrected chi connectivity index (χ3v) is 6.40. The second kappa shape index (κ2) is 20.4. The summed E-state index contributed by atoms with van der Waals surface area (Å²) in [5.74, 6) is -1.89. The lowest BCUT2D eigenvalue weighted by Gasteiger charge is -2.21. The molecule has 0 amide bonds. The quantitative estimate of drug-likeness (QED) is 0.0554. The summed E-state index contributed by atoms with van der Waals surface area (Å²) < 4.78 is 57.3. The number of aliphatic hydroxyl groups excluding tert-OH is 2. The number of phosphoric acid groups is 2. The number of hydrogen-bond acceptors (Lipinski definition) is 14. The van der Waals surface area contributed by atoms with Crippen molar-refractivity contribution in [2.45, 2.75) is 77.6 Å². The van der Waals surface area contributed by atoms with E-state index < -0.39 is 91.5 Å². The van der Waals surface area contributed by atoms with Crippen LogP contribution in [0.2, 0.25) is 0 Å². The highest BCUT2D eigenvalue weighted by Gasteiger charge is 2.29. The lowest BCUT2D eigenvalue weighted by molar-refractivity contribution is -0.160. The van der Waals surface area contributed by atoms with Gasteiger partial charge in [0, 0.05) is 19.3 Å². The van der Waals surface area contributed by atoms with E-state index in [9.17, 15) is 43.5 Å². The Hall–Kier alpha value is -1.45. The van der Waals surface area contributed by atoms with Crippen molar-refractivity contribution in [2.75, 3.05) is 39.6 Å². The van der Waals surface area contributed by atoms with E-state index in [2.05, 4.69) is 13.6 Å². The molecule has 0 saturated heterocycles. The maximum atomic E-state index is 12.1. The summed E-state index contributed by atoms with van der Waals surface area (Å²) in [5, 5.41) is 19.1. The molecule has 0 aliphatic carbocycles. The molecule has 0 aromatic heterocycles. The van der Waals surface area contributed by atoms with E-state index in [0.717, 1.165) is 12.8 Å². The monoisotopic (exact) mass is 610 g/mol. The summed E-state index contributed by atoms with van der Waals surface area (Å²) in [6.07, 6.45) is -1.69. The molecule has 0 spiro atoms. The summed E-state index contributed by atoms with van der Waals surface area (Å²) >= 11 is 0. The molecular weight excluding hydrogens is 570 g/mol. The van der Waals surface area contributed by atoms with Crippen LogP contribution in [-0.2, 0) is 55.8 Å². The van der Waals surface area contributed by atoms with Crippen molar-refractivity contribution in [3.05, 3.63) is 0 Å². The van der Waals surface area contributed by atoms with Crippen LogP contribution in [0.5, 0.6) is 0 Å². The van der Waals surface area contributed by atoms with Crippen LogP contribution in [0.25, 0.3) is 0 Å². The fourth-order valence-corrected chi connectivity index (χ4v) is 3.98. The second-order valence-corrected chi connectivity index (χ2v) is 10.9. The molecule has 230 valence electrons. The molecule has 4 N–H and O–H groups in total. The van der Waals surface area contributed by atoms with Gasteiger partial charge in [0.2, 0.25) is 0 Å². The van der Waals surface area contributed by atoms with Gasteiger partial charge in [-0.3, -0.25) is 32.5 Å². The lowest BCUT2D eigenvalue weighted by atomic mass is 10.2. The fourth-order valence-electron chi connectivity index (χ4n) is 2.40. The fraction of sp³-hybridized carbons (Fsp3) is 0.857. The molecule has 0 aromatic rings. The molecule has 0 radical (unpaired) electrons. The highest BCUT2D eigenvalue weighted by molar-refractivity contribution is 7.47. The van der Waals surface area contributed by atoms with Crippen molar-refractivity contribution < 1.29 is 75.8 Å². The Bertz CT molecular complexity index is 822. The van der Waals surface area contributed by atoms with Crippen LogP contribution < -0.4 is 0 Å². The SMILES string of the molecule is CCCCCC(=O)O[C@H](CO)COP(=O)(O)OC[C@@H](O)COP(=O)(O)OC[C@@H](COC(=O)CC)OC(=O)CC. The van der Waals surface area contributed by atoms with E-state index >= 15 is 0 Å². The van der Waals surface area contributed by atoms with Gasteiger partial charge >= 0.3 is 33.6 Å². The average molecular weight is 610 g/mol. The van der Waals surface area contributed by atoms with Crippen molar-refractivity contribution in [3.8, 4) is 0 Å². The summed E-state index contributed by atoms with van der Waals surface area (Å²) in [6.45, 7) is 0.770. The number of carbonyl (C=O) groups is 3. The van der Waals surface area contributed by atoms with Crippen LogP contribution in [0.4, 0.5) is 0 Å². The van der Waals surface area contributed by atoms with E-state index in [0.29, 0.717) is 6.42 Å². The Kier molecular flexibility index (Phi) is 19.7. The topological polar surface area (TPSA) is 231 Å². The van der Waals surface area contributed by atoms with Crippen LogP contribution in [0.3, 0.4) is 0 Å². The average Bonchev–Trinajstić information content (AvgIpc) is 2.90. The minimum Gasteiger partial charge on any atom is -0.462 e. The predicted molar refractivity (Wildman–Crippen MR) is 132 cm³/mol. The lowest BCUT2D eigenvalue weighted by Crippen LogP contribution is -2.29. The molecule has 0 saturated carbocycles. The summed E-state index contributed by atoms with van der Waals surface area (Å²) in [4.78, 5) is 54.0. The number of ether oxygens (including phenoxy) is 3. The molecule has 0 aliphatic heterocycles. The Morgan fingerprint density at radius 3 is 1.67 bits per heavy atom. The van der Waals surface area contributed by atoms with Gasteiger partial charge in [0.05, 0.1) is 33.0 Å². The van der Waals surface area contributed by atoms with Crippen LogP contribution in [0.1, 0.15) is 59.3 Å². The van der Waals surface area contributed by atoms with Gasteiger partial charge in [0.15, 0.2) is 6.10 Å². The number of carbonyl (C=O) groups excluding carboxylic acids is 3. The van der Waals surface area contributed by atoms with E-state index in [-0.39, 0.29) is 19.3 Å². The van der Waals surface area contributed by atoms with Crippen LogP contribution in [-0.4, -0.2) is 95.9 Å². The molecule has 18 heteroatoms. The number of hydrogen-bond donors (Lipinski definition) is 4. The van der Waals surface area contributed by atoms with E-state index in [1.54, 1.807) is 0 Å². The maximum Gasteiger partial charge on any atom is 0.472 e. The van der Waals surface area contributed by atoms with E-state index in [4.69, 9.17) is 18.7 Å². The highest BCUT2D eigenvalue weighted by atomic mass is 31.2. The Morgan fingerprint density at radius 2 is 1.18 bits per heavy atom. The highest BCUT2D eigenvalue weighted by Crippen LogP contribution is 2.45. The first-order chi connectivity index (χ1) is 18.3. The zero-order chi connectivity index (χ0) is 29.9. The minimum absolute atomic E-state index is 0.0129. The number of esters is 3. The number of phosphoric ester groups is 2. The smallest absolute Gasteiger partial charge is 0.462 e. The van der Waals surface area contributed by atoms with Gasteiger partial charge in [-0.15, -0.1) is 0 Å². The number of unbranched alkanes of at least 4 members (excludes halogenated alkanes) is 2. The van der Waals surface area contributed by atoms with Gasteiger partial charge in [0.1, 0.15) is 18.8 Å². The minimum atomic E-state index is -4.81. The first-order valence-corrected chi connectivity index (χ1v) is 15.3. The van der Waals surface area contributed by atoms with Crippen molar-refractivity contribution >= 4 is 33.6 Å². The number of rotatable bonds is 23. The van der Waals surface area contributed by atoms with Gasteiger partial charge < -0.3 is 34.2 Å². The van der Waals surface area contributed by atoms with Gasteiger partial charge in [-0.25, -0.2) is 9.13 Å². The molecule has 0 fully saturated rings. The van der Waals surface area contributed by atoms with Gasteiger partial charge in [-0.05, 0) is 6.42 Å². The number of aliphatic hydroxyl groups is 2. The maximum absolute atomic E-state index is 12.1. The van der Waals surface area contributed by atoms with Crippen LogP contribution in [0.15, 0.2) is 0 Å². The van der Waals surface area contributed by atoms with Gasteiger partial charge in [-0.2, -0.15) is 0 Å². The van der Waals surface area contributed by atoms with Crippen LogP contribution >= 0.6 is 15.6 Å². The Balaban J connectivity index is 4.56. The van der Waals surface area contributed by atoms with E-state index in [1.807, 2.05) is 6.92 Å². The first-order valence-electron chi connectivity index (χ1n) is 12.3. The van der Waals surface area contributed by atoms with Gasteiger partial charge in [-0.1, -0.05) is 33.6 Å². The summed E-state index contributed by atoms with van der Waals surface area (Å²) in [7, 11) is -9.59. The molecule has 0 aliphatic rings. The molecule has 0 heterocycles. The molecule has 16 nitrogen and oxygen atoms in total. The molecule has 39 heavy (non-hydrogen) atoms.